The van der Waals surface area contributed by atoms with Gasteiger partial charge >= 0.3 is 0 Å². The van der Waals surface area contributed by atoms with E-state index in [9.17, 15) is 10.2 Å². The Hall–Kier alpha value is -1.26. The largest absolute Gasteiger partial charge is 0.504 e. The van der Waals surface area contributed by atoms with Crippen LogP contribution < -0.4 is 5.32 Å². The first-order valence-electron chi connectivity index (χ1n) is 7.22. The molecule has 4 heteroatoms. The van der Waals surface area contributed by atoms with E-state index >= 15 is 0 Å². The lowest BCUT2D eigenvalue weighted by Gasteiger charge is -2.43. The van der Waals surface area contributed by atoms with Crippen molar-refractivity contribution in [2.24, 2.45) is 5.92 Å². The van der Waals surface area contributed by atoms with Gasteiger partial charge in [0, 0.05) is 32.2 Å². The quantitative estimate of drug-likeness (QED) is 0.728. The van der Waals surface area contributed by atoms with E-state index in [-0.39, 0.29) is 11.5 Å². The SMILES string of the molecule is Oc1ccc([C@H](C2CCC2)N2CCNCC2)cc1O. The van der Waals surface area contributed by atoms with E-state index in [0.29, 0.717) is 12.0 Å². The number of hydrogen-bond donors (Lipinski definition) is 3. The lowest BCUT2D eigenvalue weighted by Crippen LogP contribution is -2.47. The maximum atomic E-state index is 9.74. The fourth-order valence-electron chi connectivity index (χ4n) is 3.22. The van der Waals surface area contributed by atoms with Crippen LogP contribution in [0.3, 0.4) is 0 Å². The minimum absolute atomic E-state index is 0.00282. The van der Waals surface area contributed by atoms with Crippen molar-refractivity contribution in [1.82, 2.24) is 10.2 Å². The van der Waals surface area contributed by atoms with Gasteiger partial charge in [-0.1, -0.05) is 12.5 Å². The third-order valence-electron chi connectivity index (χ3n) is 4.48. The van der Waals surface area contributed by atoms with Gasteiger partial charge in [0.2, 0.25) is 0 Å². The number of piperazine rings is 1. The summed E-state index contributed by atoms with van der Waals surface area (Å²) in [6, 6.07) is 5.70. The molecule has 4 nitrogen and oxygen atoms in total. The van der Waals surface area contributed by atoms with Gasteiger partial charge in [0.15, 0.2) is 11.5 Å². The highest BCUT2D eigenvalue weighted by Crippen LogP contribution is 2.43. The molecule has 1 heterocycles. The highest BCUT2D eigenvalue weighted by molar-refractivity contribution is 5.41. The zero-order chi connectivity index (χ0) is 13.2. The molecule has 1 aromatic carbocycles. The molecule has 1 aliphatic heterocycles. The van der Waals surface area contributed by atoms with Crippen molar-refractivity contribution < 1.29 is 10.2 Å². The van der Waals surface area contributed by atoms with Crippen LogP contribution in [0.2, 0.25) is 0 Å². The maximum Gasteiger partial charge on any atom is 0.157 e. The van der Waals surface area contributed by atoms with E-state index in [1.54, 1.807) is 12.1 Å². The molecule has 0 radical (unpaired) electrons. The Kier molecular flexibility index (Phi) is 3.62. The Bertz CT molecular complexity index is 440. The molecule has 2 fully saturated rings. The van der Waals surface area contributed by atoms with Crippen LogP contribution in [0.15, 0.2) is 18.2 Å². The summed E-state index contributed by atoms with van der Waals surface area (Å²) in [4.78, 5) is 2.52. The molecule has 1 saturated carbocycles. The van der Waals surface area contributed by atoms with Crippen molar-refractivity contribution in [3.05, 3.63) is 23.8 Å². The Morgan fingerprint density at radius 2 is 1.84 bits per heavy atom. The van der Waals surface area contributed by atoms with E-state index in [0.717, 1.165) is 31.7 Å². The summed E-state index contributed by atoms with van der Waals surface area (Å²) in [5.74, 6) is 0.662. The summed E-state index contributed by atoms with van der Waals surface area (Å²) in [5, 5.41) is 22.6. The highest BCUT2D eigenvalue weighted by atomic mass is 16.3. The molecular formula is C15H22N2O2. The second-order valence-corrected chi connectivity index (χ2v) is 5.67. The van der Waals surface area contributed by atoms with Gasteiger partial charge in [-0.2, -0.15) is 0 Å². The molecule has 1 saturated heterocycles. The van der Waals surface area contributed by atoms with Crippen molar-refractivity contribution >= 4 is 0 Å². The third-order valence-corrected chi connectivity index (χ3v) is 4.48. The lowest BCUT2D eigenvalue weighted by molar-refractivity contribution is 0.0835. The van der Waals surface area contributed by atoms with E-state index in [2.05, 4.69) is 10.2 Å². The van der Waals surface area contributed by atoms with E-state index in [1.165, 1.54) is 19.3 Å². The van der Waals surface area contributed by atoms with E-state index in [4.69, 9.17) is 0 Å². The van der Waals surface area contributed by atoms with Crippen LogP contribution in [0, 0.1) is 5.92 Å². The monoisotopic (exact) mass is 262 g/mol. The third kappa shape index (κ3) is 2.55. The molecule has 104 valence electrons. The smallest absolute Gasteiger partial charge is 0.157 e. The summed E-state index contributed by atoms with van der Waals surface area (Å²) in [6.07, 6.45) is 3.86. The van der Waals surface area contributed by atoms with Crippen molar-refractivity contribution in [2.45, 2.75) is 25.3 Å². The minimum Gasteiger partial charge on any atom is -0.504 e. The van der Waals surface area contributed by atoms with Gasteiger partial charge in [0.25, 0.3) is 0 Å². The number of rotatable bonds is 3. The van der Waals surface area contributed by atoms with Gasteiger partial charge in [0.05, 0.1) is 0 Å². The molecule has 3 rings (SSSR count). The first-order chi connectivity index (χ1) is 9.25. The normalized spacial score (nSPS) is 22.9. The average molecular weight is 262 g/mol. The second-order valence-electron chi connectivity index (χ2n) is 5.67. The first-order valence-corrected chi connectivity index (χ1v) is 7.22. The molecule has 2 aliphatic rings. The molecule has 0 unspecified atom stereocenters. The predicted molar refractivity (Wildman–Crippen MR) is 74.3 cm³/mol. The van der Waals surface area contributed by atoms with Crippen molar-refractivity contribution in [1.29, 1.82) is 0 Å². The van der Waals surface area contributed by atoms with Crippen LogP contribution in [0.5, 0.6) is 11.5 Å². The van der Waals surface area contributed by atoms with E-state index < -0.39 is 0 Å². The molecule has 0 amide bonds. The first kappa shape index (κ1) is 12.8. The van der Waals surface area contributed by atoms with Gasteiger partial charge in [-0.15, -0.1) is 0 Å². The summed E-state index contributed by atoms with van der Waals surface area (Å²) in [6.45, 7) is 4.19. The molecular weight excluding hydrogens is 240 g/mol. The van der Waals surface area contributed by atoms with Gasteiger partial charge in [-0.3, -0.25) is 4.90 Å². The average Bonchev–Trinajstić information content (AvgIpc) is 2.38. The minimum atomic E-state index is -0.0311. The molecule has 1 aromatic rings. The molecule has 3 N–H and O–H groups in total. The predicted octanol–water partition coefficient (Wildman–Crippen LogP) is 1.84. The molecule has 0 bridgehead atoms. The van der Waals surface area contributed by atoms with Crippen LogP contribution in [-0.4, -0.2) is 41.3 Å². The molecule has 1 atom stereocenters. The molecule has 19 heavy (non-hydrogen) atoms. The van der Waals surface area contributed by atoms with Crippen molar-refractivity contribution in [3.8, 4) is 11.5 Å². The zero-order valence-corrected chi connectivity index (χ0v) is 11.2. The number of nitrogens with zero attached hydrogens (tertiary/aromatic N) is 1. The number of aromatic hydroxyl groups is 2. The summed E-state index contributed by atoms with van der Waals surface area (Å²) < 4.78 is 0. The standard InChI is InChI=1S/C15H22N2O2/c18-13-5-4-12(10-14(13)19)15(11-2-1-3-11)17-8-6-16-7-9-17/h4-5,10-11,15-16,18-19H,1-3,6-9H2/t15-/m0/s1. The van der Waals surface area contributed by atoms with Crippen LogP contribution >= 0.6 is 0 Å². The Morgan fingerprint density at radius 1 is 1.11 bits per heavy atom. The Morgan fingerprint density at radius 3 is 2.42 bits per heavy atom. The Balaban J connectivity index is 1.86. The fraction of sp³-hybridized carbons (Fsp3) is 0.600. The highest BCUT2D eigenvalue weighted by Gasteiger charge is 2.33. The van der Waals surface area contributed by atoms with Crippen LogP contribution in [-0.2, 0) is 0 Å². The Labute approximate surface area is 114 Å². The number of phenols is 2. The maximum absolute atomic E-state index is 9.74. The fourth-order valence-corrected chi connectivity index (χ4v) is 3.22. The number of benzene rings is 1. The topological polar surface area (TPSA) is 55.7 Å². The number of nitrogens with one attached hydrogen (secondary N) is 1. The van der Waals surface area contributed by atoms with Gasteiger partial charge in [0.1, 0.15) is 0 Å². The van der Waals surface area contributed by atoms with Gasteiger partial charge in [-0.05, 0) is 36.5 Å². The zero-order valence-electron chi connectivity index (χ0n) is 11.2. The summed E-state index contributed by atoms with van der Waals surface area (Å²) in [7, 11) is 0. The van der Waals surface area contributed by atoms with E-state index in [1.807, 2.05) is 6.07 Å². The van der Waals surface area contributed by atoms with Gasteiger partial charge in [-0.25, -0.2) is 0 Å². The van der Waals surface area contributed by atoms with Crippen LogP contribution in [0.1, 0.15) is 30.9 Å². The molecule has 0 aromatic heterocycles. The molecule has 0 spiro atoms. The van der Waals surface area contributed by atoms with Gasteiger partial charge < -0.3 is 15.5 Å². The second kappa shape index (κ2) is 5.39. The summed E-state index contributed by atoms with van der Waals surface area (Å²) >= 11 is 0. The lowest BCUT2D eigenvalue weighted by atomic mass is 9.76. The van der Waals surface area contributed by atoms with Crippen molar-refractivity contribution in [3.63, 3.8) is 0 Å². The van der Waals surface area contributed by atoms with Crippen LogP contribution in [0.25, 0.3) is 0 Å². The number of hydrogen-bond acceptors (Lipinski definition) is 4. The summed E-state index contributed by atoms with van der Waals surface area (Å²) in [5.41, 5.74) is 1.14. The number of phenolic OH excluding ortho intramolecular Hbond substituents is 2. The molecule has 1 aliphatic carbocycles. The van der Waals surface area contributed by atoms with Crippen molar-refractivity contribution in [2.75, 3.05) is 26.2 Å². The van der Waals surface area contributed by atoms with Crippen LogP contribution in [0.4, 0.5) is 0 Å².